The van der Waals surface area contributed by atoms with E-state index in [9.17, 15) is 17.6 Å². The molecule has 0 saturated carbocycles. The summed E-state index contributed by atoms with van der Waals surface area (Å²) in [5.41, 5.74) is 1.00. The zero-order valence-corrected chi connectivity index (χ0v) is 14.8. The molecule has 6 nitrogen and oxygen atoms in total. The molecule has 2 N–H and O–H groups in total. The number of hydrogen-bond donors (Lipinski definition) is 2. The largest absolute Gasteiger partial charge is 0.497 e. The lowest BCUT2D eigenvalue weighted by Gasteiger charge is -2.08. The number of hydrogen-bond acceptors (Lipinski definition) is 4. The number of nitrogens with one attached hydrogen (secondary N) is 2. The molecule has 0 saturated heterocycles. The summed E-state index contributed by atoms with van der Waals surface area (Å²) in [6.45, 7) is -0.147. The minimum absolute atomic E-state index is 0.147. The number of sulfonamides is 1. The highest BCUT2D eigenvalue weighted by Crippen LogP contribution is 2.18. The van der Waals surface area contributed by atoms with Crippen molar-refractivity contribution in [3.05, 3.63) is 75.8 Å². The van der Waals surface area contributed by atoms with Crippen LogP contribution in [0.4, 0.5) is 4.39 Å². The SMILES string of the molecule is COc1ccc2[nH]c(=O)c(CNS(=O)(=O)Cc3ccc(F)cc3)cc2c1. The highest BCUT2D eigenvalue weighted by molar-refractivity contribution is 7.88. The van der Waals surface area contributed by atoms with Gasteiger partial charge < -0.3 is 9.72 Å². The smallest absolute Gasteiger partial charge is 0.252 e. The summed E-state index contributed by atoms with van der Waals surface area (Å²) in [5.74, 6) is -0.100. The fourth-order valence-corrected chi connectivity index (χ4v) is 3.64. The van der Waals surface area contributed by atoms with Gasteiger partial charge in [-0.3, -0.25) is 4.79 Å². The van der Waals surface area contributed by atoms with Gasteiger partial charge in [0.25, 0.3) is 5.56 Å². The van der Waals surface area contributed by atoms with Crippen LogP contribution >= 0.6 is 0 Å². The van der Waals surface area contributed by atoms with Gasteiger partial charge in [0.2, 0.25) is 10.0 Å². The minimum Gasteiger partial charge on any atom is -0.497 e. The molecule has 0 aliphatic rings. The van der Waals surface area contributed by atoms with Crippen LogP contribution in [0.2, 0.25) is 0 Å². The van der Waals surface area contributed by atoms with E-state index in [0.29, 0.717) is 16.8 Å². The van der Waals surface area contributed by atoms with E-state index in [4.69, 9.17) is 4.74 Å². The Balaban J connectivity index is 1.78. The maximum absolute atomic E-state index is 12.9. The third-order valence-corrected chi connectivity index (χ3v) is 5.18. The van der Waals surface area contributed by atoms with Gasteiger partial charge in [-0.25, -0.2) is 17.5 Å². The van der Waals surface area contributed by atoms with Crippen LogP contribution in [0.1, 0.15) is 11.1 Å². The van der Waals surface area contributed by atoms with E-state index < -0.39 is 15.8 Å². The standard InChI is InChI=1S/C18H17FN2O4S/c1-25-16-6-7-17-13(9-16)8-14(18(22)21-17)10-20-26(23,24)11-12-2-4-15(19)5-3-12/h2-9,20H,10-11H2,1H3,(H,21,22). The van der Waals surface area contributed by atoms with Gasteiger partial charge in [-0.1, -0.05) is 12.1 Å². The first-order valence-corrected chi connectivity index (χ1v) is 9.43. The average Bonchev–Trinajstić information content (AvgIpc) is 2.61. The van der Waals surface area contributed by atoms with Crippen LogP contribution in [-0.2, 0) is 22.3 Å². The van der Waals surface area contributed by atoms with Crippen LogP contribution in [0.3, 0.4) is 0 Å². The van der Waals surface area contributed by atoms with Crippen LogP contribution in [0.15, 0.2) is 53.3 Å². The van der Waals surface area contributed by atoms with E-state index in [-0.39, 0.29) is 23.4 Å². The fourth-order valence-electron chi connectivity index (χ4n) is 2.53. The number of benzene rings is 2. The molecule has 0 spiro atoms. The molecule has 2 aromatic carbocycles. The molecular weight excluding hydrogens is 359 g/mol. The van der Waals surface area contributed by atoms with E-state index in [1.54, 1.807) is 24.3 Å². The molecule has 0 radical (unpaired) electrons. The van der Waals surface area contributed by atoms with Crippen LogP contribution in [-0.4, -0.2) is 20.5 Å². The number of aromatic amines is 1. The van der Waals surface area contributed by atoms with Crippen LogP contribution < -0.4 is 15.0 Å². The number of H-pyrrole nitrogens is 1. The van der Waals surface area contributed by atoms with Gasteiger partial charge in [0.15, 0.2) is 0 Å². The van der Waals surface area contributed by atoms with Crippen molar-refractivity contribution >= 4 is 20.9 Å². The van der Waals surface area contributed by atoms with Gasteiger partial charge in [-0.05, 0) is 42.0 Å². The van der Waals surface area contributed by atoms with Gasteiger partial charge >= 0.3 is 0 Å². The van der Waals surface area contributed by atoms with Gasteiger partial charge in [-0.2, -0.15) is 0 Å². The molecule has 0 amide bonds. The molecule has 0 aliphatic carbocycles. The highest BCUT2D eigenvalue weighted by Gasteiger charge is 2.13. The van der Waals surface area contributed by atoms with E-state index in [1.165, 1.54) is 31.4 Å². The van der Waals surface area contributed by atoms with Gasteiger partial charge in [0, 0.05) is 23.0 Å². The average molecular weight is 376 g/mol. The number of ether oxygens (including phenoxy) is 1. The predicted octanol–water partition coefficient (Wildman–Crippen LogP) is 2.30. The lowest BCUT2D eigenvalue weighted by Crippen LogP contribution is -2.28. The summed E-state index contributed by atoms with van der Waals surface area (Å²) < 4.78 is 44.8. The summed E-state index contributed by atoms with van der Waals surface area (Å²) in [5, 5.41) is 0.733. The molecule has 0 unspecified atom stereocenters. The zero-order chi connectivity index (χ0) is 18.7. The van der Waals surface area contributed by atoms with E-state index in [2.05, 4.69) is 9.71 Å². The van der Waals surface area contributed by atoms with Gasteiger partial charge in [-0.15, -0.1) is 0 Å². The number of methoxy groups -OCH3 is 1. The van der Waals surface area contributed by atoms with Gasteiger partial charge in [0.1, 0.15) is 11.6 Å². The topological polar surface area (TPSA) is 88.3 Å². The molecule has 26 heavy (non-hydrogen) atoms. The summed E-state index contributed by atoms with van der Waals surface area (Å²) in [6, 6.07) is 12.0. The van der Waals surface area contributed by atoms with Crippen molar-refractivity contribution < 1.29 is 17.5 Å². The second-order valence-corrected chi connectivity index (χ2v) is 7.59. The molecule has 0 atom stereocenters. The Morgan fingerprint density at radius 2 is 1.85 bits per heavy atom. The van der Waals surface area contributed by atoms with E-state index in [0.717, 1.165) is 5.39 Å². The molecule has 3 rings (SSSR count). The van der Waals surface area contributed by atoms with E-state index in [1.807, 2.05) is 0 Å². The first kappa shape index (κ1) is 18.1. The van der Waals surface area contributed by atoms with E-state index >= 15 is 0 Å². The summed E-state index contributed by atoms with van der Waals surface area (Å²) >= 11 is 0. The monoisotopic (exact) mass is 376 g/mol. The predicted molar refractivity (Wildman–Crippen MR) is 97.0 cm³/mol. The van der Waals surface area contributed by atoms with Crippen molar-refractivity contribution in [1.29, 1.82) is 0 Å². The molecule has 0 aliphatic heterocycles. The Morgan fingerprint density at radius 1 is 1.12 bits per heavy atom. The van der Waals surface area contributed by atoms with Crippen molar-refractivity contribution in [2.45, 2.75) is 12.3 Å². The first-order valence-electron chi connectivity index (χ1n) is 7.78. The Labute approximate surface area is 149 Å². The van der Waals surface area contributed by atoms with Crippen molar-refractivity contribution in [3.63, 3.8) is 0 Å². The van der Waals surface area contributed by atoms with Gasteiger partial charge in [0.05, 0.1) is 12.9 Å². The molecule has 8 heteroatoms. The second kappa shape index (κ2) is 7.27. The third kappa shape index (κ3) is 4.27. The molecule has 0 fully saturated rings. The van der Waals surface area contributed by atoms with Crippen LogP contribution in [0.5, 0.6) is 5.75 Å². The third-order valence-electron chi connectivity index (χ3n) is 3.88. The summed E-state index contributed by atoms with van der Waals surface area (Å²) in [6.07, 6.45) is 0. The maximum Gasteiger partial charge on any atom is 0.252 e. The Hall–Kier alpha value is -2.71. The van der Waals surface area contributed by atoms with Crippen molar-refractivity contribution in [3.8, 4) is 5.75 Å². The molecule has 0 bridgehead atoms. The van der Waals surface area contributed by atoms with Crippen molar-refractivity contribution in [2.24, 2.45) is 0 Å². The fraction of sp³-hybridized carbons (Fsp3) is 0.167. The number of halogens is 1. The lowest BCUT2D eigenvalue weighted by molar-refractivity contribution is 0.415. The molecule has 136 valence electrons. The Kier molecular flexibility index (Phi) is 5.06. The zero-order valence-electron chi connectivity index (χ0n) is 14.0. The Bertz CT molecular complexity index is 1090. The highest BCUT2D eigenvalue weighted by atomic mass is 32.2. The van der Waals surface area contributed by atoms with Crippen LogP contribution in [0.25, 0.3) is 10.9 Å². The summed E-state index contributed by atoms with van der Waals surface area (Å²) in [7, 11) is -2.14. The quantitative estimate of drug-likeness (QED) is 0.691. The molecule has 1 aromatic heterocycles. The number of aromatic nitrogens is 1. The summed E-state index contributed by atoms with van der Waals surface area (Å²) in [4.78, 5) is 14.9. The number of fused-ring (bicyclic) bond motifs is 1. The first-order chi connectivity index (χ1) is 12.4. The minimum atomic E-state index is -3.68. The number of rotatable bonds is 6. The molecular formula is C18H17FN2O4S. The molecule has 1 heterocycles. The normalized spacial score (nSPS) is 11.6. The lowest BCUT2D eigenvalue weighted by atomic mass is 10.1. The Morgan fingerprint density at radius 3 is 2.54 bits per heavy atom. The van der Waals surface area contributed by atoms with Crippen LogP contribution in [0, 0.1) is 5.82 Å². The second-order valence-electron chi connectivity index (χ2n) is 5.78. The molecule has 3 aromatic rings. The van der Waals surface area contributed by atoms with Crippen molar-refractivity contribution in [1.82, 2.24) is 9.71 Å². The maximum atomic E-state index is 12.9. The number of pyridine rings is 1. The van der Waals surface area contributed by atoms with Crippen molar-refractivity contribution in [2.75, 3.05) is 7.11 Å².